The average molecular weight is 521 g/mol. The van der Waals surface area contributed by atoms with Gasteiger partial charge >= 0.3 is 0 Å². The van der Waals surface area contributed by atoms with Crippen molar-refractivity contribution in [2.24, 2.45) is 7.05 Å². The van der Waals surface area contributed by atoms with Gasteiger partial charge < -0.3 is 20.5 Å². The van der Waals surface area contributed by atoms with Crippen LogP contribution in [0.5, 0.6) is 0 Å². The van der Waals surface area contributed by atoms with E-state index in [0.29, 0.717) is 27.2 Å². The van der Waals surface area contributed by atoms with Crippen LogP contribution >= 0.6 is 22.9 Å². The zero-order valence-electron chi connectivity index (χ0n) is 18.3. The first-order valence-electron chi connectivity index (χ1n) is 10.1. The SMILES string of the molecule is Cn1c(Nc2nc3ccc(Cl)cc3s2)nc2cc(C(=O)NCC(=O)NCCS(C)(=O)=O)ccc21. The molecule has 4 aromatic rings. The summed E-state index contributed by atoms with van der Waals surface area (Å²) >= 11 is 7.50. The van der Waals surface area contributed by atoms with E-state index in [1.54, 1.807) is 24.3 Å². The number of imidazole rings is 1. The zero-order chi connectivity index (χ0) is 24.5. The molecular weight excluding hydrogens is 500 g/mol. The predicted octanol–water partition coefficient (Wildman–Crippen LogP) is 2.47. The molecule has 0 radical (unpaired) electrons. The van der Waals surface area contributed by atoms with E-state index in [1.165, 1.54) is 11.3 Å². The van der Waals surface area contributed by atoms with Gasteiger partial charge in [-0.2, -0.15) is 0 Å². The lowest BCUT2D eigenvalue weighted by molar-refractivity contribution is -0.120. The second kappa shape index (κ2) is 9.57. The summed E-state index contributed by atoms with van der Waals surface area (Å²) in [5.41, 5.74) is 2.58. The summed E-state index contributed by atoms with van der Waals surface area (Å²) < 4.78 is 25.0. The largest absolute Gasteiger partial charge is 0.354 e. The van der Waals surface area contributed by atoms with Crippen molar-refractivity contribution in [3.63, 3.8) is 0 Å². The van der Waals surface area contributed by atoms with Crippen molar-refractivity contribution in [2.75, 3.05) is 30.4 Å². The molecule has 4 rings (SSSR count). The normalized spacial score (nSPS) is 11.6. The maximum Gasteiger partial charge on any atom is 0.251 e. The quantitative estimate of drug-likeness (QED) is 0.325. The lowest BCUT2D eigenvalue weighted by atomic mass is 10.2. The molecule has 3 N–H and O–H groups in total. The molecule has 34 heavy (non-hydrogen) atoms. The van der Waals surface area contributed by atoms with E-state index in [4.69, 9.17) is 11.6 Å². The highest BCUT2D eigenvalue weighted by Crippen LogP contribution is 2.31. The van der Waals surface area contributed by atoms with E-state index in [0.717, 1.165) is 22.0 Å². The molecule has 0 saturated heterocycles. The van der Waals surface area contributed by atoms with Gasteiger partial charge in [0.2, 0.25) is 11.9 Å². The number of halogens is 1. The van der Waals surface area contributed by atoms with Gasteiger partial charge in [0.15, 0.2) is 5.13 Å². The van der Waals surface area contributed by atoms with Gasteiger partial charge in [-0.3, -0.25) is 9.59 Å². The molecule has 10 nitrogen and oxygen atoms in total. The Kier molecular flexibility index (Phi) is 6.73. The summed E-state index contributed by atoms with van der Waals surface area (Å²) in [6.07, 6.45) is 1.09. The van der Waals surface area contributed by atoms with Gasteiger partial charge in [-0.15, -0.1) is 0 Å². The highest BCUT2D eigenvalue weighted by Gasteiger charge is 2.14. The number of aromatic nitrogens is 3. The number of hydrogen-bond acceptors (Lipinski definition) is 8. The molecule has 13 heteroatoms. The molecule has 2 aromatic heterocycles. The summed E-state index contributed by atoms with van der Waals surface area (Å²) in [6, 6.07) is 10.5. The zero-order valence-corrected chi connectivity index (χ0v) is 20.6. The van der Waals surface area contributed by atoms with Crippen molar-refractivity contribution < 1.29 is 18.0 Å². The Labute approximate surface area is 204 Å². The number of amides is 2. The predicted molar refractivity (Wildman–Crippen MR) is 134 cm³/mol. The first kappa shape index (κ1) is 23.9. The minimum absolute atomic E-state index is 0.00902. The van der Waals surface area contributed by atoms with Gasteiger partial charge in [0.05, 0.1) is 33.5 Å². The van der Waals surface area contributed by atoms with E-state index in [-0.39, 0.29) is 18.8 Å². The molecule has 2 aromatic carbocycles. The summed E-state index contributed by atoms with van der Waals surface area (Å²) in [5.74, 6) is -0.518. The highest BCUT2D eigenvalue weighted by molar-refractivity contribution is 7.90. The number of aryl methyl sites for hydroxylation is 1. The molecule has 0 bridgehead atoms. The van der Waals surface area contributed by atoms with Crippen LogP contribution in [0.2, 0.25) is 5.02 Å². The number of nitrogens with zero attached hydrogens (tertiary/aromatic N) is 3. The topological polar surface area (TPSA) is 135 Å². The van der Waals surface area contributed by atoms with Gasteiger partial charge in [-0.25, -0.2) is 18.4 Å². The van der Waals surface area contributed by atoms with Crippen LogP contribution in [0.4, 0.5) is 11.1 Å². The monoisotopic (exact) mass is 520 g/mol. The average Bonchev–Trinajstić information content (AvgIpc) is 3.30. The molecule has 2 amide bonds. The molecule has 0 atom stereocenters. The molecule has 0 spiro atoms. The number of fused-ring (bicyclic) bond motifs is 2. The second-order valence-electron chi connectivity index (χ2n) is 7.62. The molecule has 0 fully saturated rings. The molecule has 0 saturated carbocycles. The molecule has 178 valence electrons. The fraction of sp³-hybridized carbons (Fsp3) is 0.238. The van der Waals surface area contributed by atoms with Crippen LogP contribution < -0.4 is 16.0 Å². The number of carbonyl (C=O) groups excluding carboxylic acids is 2. The maximum atomic E-state index is 12.5. The summed E-state index contributed by atoms with van der Waals surface area (Å²) in [5, 5.41) is 9.49. The highest BCUT2D eigenvalue weighted by atomic mass is 35.5. The van der Waals surface area contributed by atoms with E-state index in [2.05, 4.69) is 25.9 Å². The lowest BCUT2D eigenvalue weighted by Gasteiger charge is -2.07. The number of thiazole rings is 1. The van der Waals surface area contributed by atoms with Crippen molar-refractivity contribution in [1.29, 1.82) is 0 Å². The minimum atomic E-state index is -3.17. The Morgan fingerprint density at radius 1 is 1.09 bits per heavy atom. The van der Waals surface area contributed by atoms with Crippen LogP contribution in [0.25, 0.3) is 21.3 Å². The van der Waals surface area contributed by atoms with Gasteiger partial charge in [0.25, 0.3) is 5.91 Å². The van der Waals surface area contributed by atoms with Crippen LogP contribution in [0.3, 0.4) is 0 Å². The number of sulfone groups is 1. The van der Waals surface area contributed by atoms with Crippen LogP contribution in [0.1, 0.15) is 10.4 Å². The Balaban J connectivity index is 1.43. The second-order valence-corrected chi connectivity index (χ2v) is 11.3. The minimum Gasteiger partial charge on any atom is -0.354 e. The van der Waals surface area contributed by atoms with Crippen molar-refractivity contribution in [3.05, 3.63) is 47.0 Å². The first-order valence-corrected chi connectivity index (χ1v) is 13.4. The van der Waals surface area contributed by atoms with E-state index < -0.39 is 21.7 Å². The van der Waals surface area contributed by atoms with Crippen LogP contribution in [-0.2, 0) is 21.7 Å². The number of nitrogens with one attached hydrogen (secondary N) is 3. The molecule has 2 heterocycles. The Bertz CT molecular complexity index is 1510. The third-order valence-electron chi connectivity index (χ3n) is 4.92. The van der Waals surface area contributed by atoms with Crippen molar-refractivity contribution in [3.8, 4) is 0 Å². The van der Waals surface area contributed by atoms with E-state index in [9.17, 15) is 18.0 Å². The standard InChI is InChI=1S/C21H21ClN6O4S2/c1-28-16-6-3-12(19(30)24-11-18(29)23-7-8-34(2,31)32)9-15(16)25-20(28)27-21-26-14-5-4-13(22)10-17(14)33-21/h3-6,9-10H,7-8,11H2,1-2H3,(H,23,29)(H,24,30)(H,25,26,27). The van der Waals surface area contributed by atoms with E-state index in [1.807, 2.05) is 23.7 Å². The molecule has 0 unspecified atom stereocenters. The number of hydrogen-bond donors (Lipinski definition) is 3. The third kappa shape index (κ3) is 5.64. The third-order valence-corrected chi connectivity index (χ3v) is 7.03. The summed E-state index contributed by atoms with van der Waals surface area (Å²) in [4.78, 5) is 33.4. The Morgan fingerprint density at radius 2 is 1.88 bits per heavy atom. The van der Waals surface area contributed by atoms with Gasteiger partial charge in [0.1, 0.15) is 9.84 Å². The number of anilines is 2. The van der Waals surface area contributed by atoms with Crippen LogP contribution in [0.15, 0.2) is 36.4 Å². The number of benzene rings is 2. The fourth-order valence-corrected chi connectivity index (χ4v) is 4.81. The van der Waals surface area contributed by atoms with Gasteiger partial charge in [-0.1, -0.05) is 22.9 Å². The molecular formula is C21H21ClN6O4S2. The maximum absolute atomic E-state index is 12.5. The number of carbonyl (C=O) groups is 2. The van der Waals surface area contributed by atoms with Crippen molar-refractivity contribution in [2.45, 2.75) is 0 Å². The van der Waals surface area contributed by atoms with Crippen molar-refractivity contribution in [1.82, 2.24) is 25.2 Å². The fourth-order valence-electron chi connectivity index (χ4n) is 3.20. The molecule has 0 aliphatic rings. The van der Waals surface area contributed by atoms with Crippen LogP contribution in [-0.4, -0.2) is 59.9 Å². The van der Waals surface area contributed by atoms with E-state index >= 15 is 0 Å². The Hall–Kier alpha value is -3.22. The first-order chi connectivity index (χ1) is 16.1. The van der Waals surface area contributed by atoms with Gasteiger partial charge in [-0.05, 0) is 36.4 Å². The number of rotatable bonds is 8. The summed E-state index contributed by atoms with van der Waals surface area (Å²) in [6.45, 7) is -0.276. The smallest absolute Gasteiger partial charge is 0.251 e. The molecule has 0 aliphatic heterocycles. The Morgan fingerprint density at radius 3 is 2.65 bits per heavy atom. The van der Waals surface area contributed by atoms with Crippen molar-refractivity contribution >= 4 is 76.9 Å². The molecule has 0 aliphatic carbocycles. The lowest BCUT2D eigenvalue weighted by Crippen LogP contribution is -2.38. The van der Waals surface area contributed by atoms with Gasteiger partial charge in [0, 0.05) is 30.4 Å². The van der Waals surface area contributed by atoms with Crippen LogP contribution in [0, 0.1) is 0 Å². The summed E-state index contributed by atoms with van der Waals surface area (Å²) in [7, 11) is -1.32.